The summed E-state index contributed by atoms with van der Waals surface area (Å²) in [5.41, 5.74) is 0. The van der Waals surface area contributed by atoms with Crippen LogP contribution in [0.2, 0.25) is 0 Å². The van der Waals surface area contributed by atoms with Gasteiger partial charge in [0.25, 0.3) is 0 Å². The Morgan fingerprint density at radius 1 is 1.14 bits per heavy atom. The van der Waals surface area contributed by atoms with Gasteiger partial charge in [0, 0.05) is 40.3 Å². The summed E-state index contributed by atoms with van der Waals surface area (Å²) in [6.07, 6.45) is 9.84. The van der Waals surface area contributed by atoms with E-state index in [1.165, 1.54) is 44.9 Å². The van der Waals surface area contributed by atoms with Gasteiger partial charge in [0.2, 0.25) is 0 Å². The minimum Gasteiger partial charge on any atom is -0.383 e. The van der Waals surface area contributed by atoms with E-state index < -0.39 is 0 Å². The third kappa shape index (κ3) is 9.26. The van der Waals surface area contributed by atoms with Gasteiger partial charge in [0.05, 0.1) is 6.61 Å². The Balaban J connectivity index is 2.02. The van der Waals surface area contributed by atoms with E-state index in [4.69, 9.17) is 4.74 Å². The lowest BCUT2D eigenvalue weighted by Crippen LogP contribution is -2.41. The van der Waals surface area contributed by atoms with E-state index in [0.29, 0.717) is 0 Å². The molecule has 0 aromatic carbocycles. The van der Waals surface area contributed by atoms with Crippen LogP contribution >= 0.6 is 0 Å². The van der Waals surface area contributed by atoms with E-state index in [2.05, 4.69) is 27.6 Å². The molecule has 5 nitrogen and oxygen atoms in total. The van der Waals surface area contributed by atoms with Crippen molar-refractivity contribution in [1.29, 1.82) is 0 Å². The lowest BCUT2D eigenvalue weighted by Gasteiger charge is -2.21. The van der Waals surface area contributed by atoms with Gasteiger partial charge in [0.1, 0.15) is 0 Å². The average Bonchev–Trinajstić information content (AvgIpc) is 2.56. The van der Waals surface area contributed by atoms with Gasteiger partial charge >= 0.3 is 0 Å². The van der Waals surface area contributed by atoms with Gasteiger partial charge in [-0.15, -0.1) is 0 Å². The number of hydrogen-bond acceptors (Lipinski definition) is 3. The van der Waals surface area contributed by atoms with Crippen molar-refractivity contribution in [2.75, 3.05) is 54.0 Å². The first-order valence-corrected chi connectivity index (χ1v) is 8.88. The molecule has 0 bridgehead atoms. The second kappa shape index (κ2) is 12.7. The van der Waals surface area contributed by atoms with Crippen LogP contribution in [0.1, 0.15) is 44.9 Å². The van der Waals surface area contributed by atoms with Gasteiger partial charge in [0.15, 0.2) is 5.96 Å². The Morgan fingerprint density at radius 2 is 1.86 bits per heavy atom. The minimum atomic E-state index is 0.782. The quantitative estimate of drug-likeness (QED) is 0.368. The number of likely N-dealkylation sites (N-methyl/N-ethyl adjacent to an activating group) is 1. The molecule has 1 aliphatic rings. The minimum absolute atomic E-state index is 0.782. The lowest BCUT2D eigenvalue weighted by molar-refractivity contribution is 0.162. The summed E-state index contributed by atoms with van der Waals surface area (Å²) in [5.74, 6) is 1.89. The van der Waals surface area contributed by atoms with Crippen molar-refractivity contribution >= 4 is 5.96 Å². The summed E-state index contributed by atoms with van der Waals surface area (Å²) in [4.78, 5) is 6.54. The number of rotatable bonds is 10. The lowest BCUT2D eigenvalue weighted by atomic mass is 9.86. The molecule has 1 rings (SSSR count). The van der Waals surface area contributed by atoms with Crippen molar-refractivity contribution < 1.29 is 4.74 Å². The van der Waals surface area contributed by atoms with Crippen LogP contribution < -0.4 is 10.6 Å². The van der Waals surface area contributed by atoms with Crippen LogP contribution in [-0.4, -0.2) is 64.9 Å². The number of methoxy groups -OCH3 is 1. The van der Waals surface area contributed by atoms with Crippen LogP contribution in [0.5, 0.6) is 0 Å². The number of aliphatic imine (C=N–C) groups is 1. The molecule has 1 fully saturated rings. The molecule has 0 spiro atoms. The Morgan fingerprint density at radius 3 is 2.55 bits per heavy atom. The van der Waals surface area contributed by atoms with Gasteiger partial charge < -0.3 is 20.3 Å². The van der Waals surface area contributed by atoms with Gasteiger partial charge in [-0.05, 0) is 25.8 Å². The molecule has 22 heavy (non-hydrogen) atoms. The maximum atomic E-state index is 5.08. The topological polar surface area (TPSA) is 48.9 Å². The van der Waals surface area contributed by atoms with E-state index in [-0.39, 0.29) is 0 Å². The number of hydrogen-bond donors (Lipinski definition) is 2. The number of guanidine groups is 1. The van der Waals surface area contributed by atoms with Crippen molar-refractivity contribution in [3.8, 4) is 0 Å². The normalized spacial score (nSPS) is 17.0. The van der Waals surface area contributed by atoms with Gasteiger partial charge in [-0.25, -0.2) is 0 Å². The maximum absolute atomic E-state index is 5.08. The molecule has 130 valence electrons. The number of nitrogens with one attached hydrogen (secondary N) is 2. The van der Waals surface area contributed by atoms with Crippen LogP contribution in [0, 0.1) is 5.92 Å². The SMILES string of the molecule is CN=C(NCCCC1CCCCC1)NCCN(C)CCOC. The van der Waals surface area contributed by atoms with Crippen LogP contribution in [0.15, 0.2) is 4.99 Å². The Kier molecular flexibility index (Phi) is 11.1. The second-order valence-electron chi connectivity index (χ2n) is 6.37. The van der Waals surface area contributed by atoms with E-state index >= 15 is 0 Å². The summed E-state index contributed by atoms with van der Waals surface area (Å²) in [7, 11) is 5.69. The molecule has 0 atom stereocenters. The van der Waals surface area contributed by atoms with Crippen molar-refractivity contribution in [1.82, 2.24) is 15.5 Å². The van der Waals surface area contributed by atoms with Gasteiger partial charge in [-0.1, -0.05) is 32.1 Å². The first kappa shape index (κ1) is 19.2. The van der Waals surface area contributed by atoms with E-state index in [9.17, 15) is 0 Å². The zero-order chi connectivity index (χ0) is 16.0. The Bertz CT molecular complexity index is 290. The largest absolute Gasteiger partial charge is 0.383 e. The molecule has 1 aliphatic carbocycles. The predicted molar refractivity (Wildman–Crippen MR) is 94.5 cm³/mol. The highest BCUT2D eigenvalue weighted by Gasteiger charge is 2.12. The molecule has 0 saturated heterocycles. The Hall–Kier alpha value is -0.810. The first-order chi connectivity index (χ1) is 10.8. The van der Waals surface area contributed by atoms with Crippen LogP contribution in [-0.2, 0) is 4.74 Å². The molecule has 1 saturated carbocycles. The first-order valence-electron chi connectivity index (χ1n) is 8.88. The molecule has 0 aromatic rings. The van der Waals surface area contributed by atoms with Crippen molar-refractivity contribution in [2.24, 2.45) is 10.9 Å². The highest BCUT2D eigenvalue weighted by molar-refractivity contribution is 5.79. The fraction of sp³-hybridized carbons (Fsp3) is 0.941. The zero-order valence-electron chi connectivity index (χ0n) is 14.9. The summed E-state index contributed by atoms with van der Waals surface area (Å²) in [5, 5.41) is 6.79. The highest BCUT2D eigenvalue weighted by atomic mass is 16.5. The Labute approximate surface area is 136 Å². The van der Waals surface area contributed by atoms with Crippen LogP contribution in [0.4, 0.5) is 0 Å². The highest BCUT2D eigenvalue weighted by Crippen LogP contribution is 2.26. The van der Waals surface area contributed by atoms with E-state index in [0.717, 1.165) is 44.7 Å². The standard InChI is InChI=1S/C17H36N4O/c1-18-17(20-12-13-21(2)14-15-22-3)19-11-7-10-16-8-5-4-6-9-16/h16H,4-15H2,1-3H3,(H2,18,19,20). The molecule has 5 heteroatoms. The molecule has 0 aliphatic heterocycles. The summed E-state index contributed by atoms with van der Waals surface area (Å²) >= 11 is 0. The molecule has 0 unspecified atom stereocenters. The molecule has 0 heterocycles. The van der Waals surface area contributed by atoms with Crippen LogP contribution in [0.25, 0.3) is 0 Å². The van der Waals surface area contributed by atoms with Crippen molar-refractivity contribution in [3.05, 3.63) is 0 Å². The third-order valence-electron chi connectivity index (χ3n) is 4.49. The summed E-state index contributed by atoms with van der Waals surface area (Å²) in [6, 6.07) is 0. The van der Waals surface area contributed by atoms with E-state index in [1.807, 2.05) is 7.05 Å². The molecule has 0 aromatic heterocycles. The molecule has 2 N–H and O–H groups in total. The number of nitrogens with zero attached hydrogens (tertiary/aromatic N) is 2. The third-order valence-corrected chi connectivity index (χ3v) is 4.49. The zero-order valence-corrected chi connectivity index (χ0v) is 14.9. The average molecular weight is 313 g/mol. The van der Waals surface area contributed by atoms with E-state index in [1.54, 1.807) is 7.11 Å². The van der Waals surface area contributed by atoms with Gasteiger partial charge in [-0.2, -0.15) is 0 Å². The van der Waals surface area contributed by atoms with Crippen LogP contribution in [0.3, 0.4) is 0 Å². The smallest absolute Gasteiger partial charge is 0.191 e. The number of ether oxygens (including phenoxy) is 1. The monoisotopic (exact) mass is 312 g/mol. The van der Waals surface area contributed by atoms with Crippen molar-refractivity contribution in [2.45, 2.75) is 44.9 Å². The summed E-state index contributed by atoms with van der Waals surface area (Å²) in [6.45, 7) is 4.67. The maximum Gasteiger partial charge on any atom is 0.191 e. The molecule has 0 radical (unpaired) electrons. The fourth-order valence-corrected chi connectivity index (χ4v) is 3.02. The van der Waals surface area contributed by atoms with Gasteiger partial charge in [-0.3, -0.25) is 4.99 Å². The predicted octanol–water partition coefficient (Wildman–Crippen LogP) is 2.09. The molecular formula is C17H36N4O. The molecular weight excluding hydrogens is 276 g/mol. The molecule has 0 amide bonds. The van der Waals surface area contributed by atoms with Crippen molar-refractivity contribution in [3.63, 3.8) is 0 Å². The second-order valence-corrected chi connectivity index (χ2v) is 6.37. The summed E-state index contributed by atoms with van der Waals surface area (Å²) < 4.78 is 5.08. The fourth-order valence-electron chi connectivity index (χ4n) is 3.02.